The molecule has 0 aliphatic heterocycles. The van der Waals surface area contributed by atoms with Crippen LogP contribution in [-0.4, -0.2) is 44.1 Å². The van der Waals surface area contributed by atoms with Gasteiger partial charge in [0.2, 0.25) is 5.91 Å². The summed E-state index contributed by atoms with van der Waals surface area (Å²) in [5.41, 5.74) is 6.72. The molecule has 130 valence electrons. The van der Waals surface area contributed by atoms with E-state index in [0.717, 1.165) is 24.3 Å². The van der Waals surface area contributed by atoms with Gasteiger partial charge in [0, 0.05) is 13.1 Å². The molecular weight excluding hydrogens is 290 g/mol. The Morgan fingerprint density at radius 3 is 2.39 bits per heavy atom. The second-order valence-corrected chi connectivity index (χ2v) is 7.21. The highest BCUT2D eigenvalue weighted by Gasteiger charge is 2.26. The monoisotopic (exact) mass is 321 g/mol. The van der Waals surface area contributed by atoms with Gasteiger partial charge in [-0.05, 0) is 43.6 Å². The van der Waals surface area contributed by atoms with Crippen molar-refractivity contribution in [1.29, 1.82) is 0 Å². The van der Waals surface area contributed by atoms with Gasteiger partial charge in [-0.15, -0.1) is 0 Å². The number of carbonyl (C=O) groups excluding carboxylic acids is 1. The van der Waals surface area contributed by atoms with E-state index in [1.807, 2.05) is 45.0 Å². The van der Waals surface area contributed by atoms with Gasteiger partial charge in [0.1, 0.15) is 5.75 Å². The van der Waals surface area contributed by atoms with Crippen LogP contribution in [0.5, 0.6) is 5.75 Å². The average molecular weight is 321 g/mol. The molecule has 0 saturated heterocycles. The van der Waals surface area contributed by atoms with Crippen LogP contribution in [0.4, 0.5) is 0 Å². The van der Waals surface area contributed by atoms with E-state index in [1.165, 1.54) is 0 Å². The lowest BCUT2D eigenvalue weighted by Gasteiger charge is -2.25. The maximum absolute atomic E-state index is 12.0. The zero-order valence-corrected chi connectivity index (χ0v) is 15.1. The lowest BCUT2D eigenvalue weighted by molar-refractivity contribution is -0.124. The van der Waals surface area contributed by atoms with E-state index in [0.29, 0.717) is 13.2 Å². The van der Waals surface area contributed by atoms with E-state index in [4.69, 9.17) is 10.5 Å². The van der Waals surface area contributed by atoms with Gasteiger partial charge in [0.25, 0.3) is 0 Å². The van der Waals surface area contributed by atoms with Crippen LogP contribution in [0, 0.1) is 5.41 Å². The first-order valence-electron chi connectivity index (χ1n) is 8.10. The Labute approximate surface area is 140 Å². The van der Waals surface area contributed by atoms with E-state index in [9.17, 15) is 4.79 Å². The second-order valence-electron chi connectivity index (χ2n) is 7.21. The molecule has 23 heavy (non-hydrogen) atoms. The van der Waals surface area contributed by atoms with Gasteiger partial charge in [-0.2, -0.15) is 0 Å². The highest BCUT2D eigenvalue weighted by Crippen LogP contribution is 2.17. The maximum atomic E-state index is 12.0. The third-order valence-corrected chi connectivity index (χ3v) is 3.62. The third kappa shape index (κ3) is 7.48. The molecule has 1 amide bonds. The number of nitrogens with two attached hydrogens (primary N) is 1. The molecule has 0 heterocycles. The van der Waals surface area contributed by atoms with Crippen molar-refractivity contribution in [3.8, 4) is 5.75 Å². The molecule has 0 aromatic heterocycles. The fourth-order valence-electron chi connectivity index (χ4n) is 1.97. The van der Waals surface area contributed by atoms with Crippen LogP contribution >= 0.6 is 0 Å². The van der Waals surface area contributed by atoms with E-state index >= 15 is 0 Å². The summed E-state index contributed by atoms with van der Waals surface area (Å²) in [5, 5.41) is 2.88. The number of benzene rings is 1. The highest BCUT2D eigenvalue weighted by atomic mass is 16.5. The van der Waals surface area contributed by atoms with Gasteiger partial charge < -0.3 is 20.7 Å². The predicted octanol–water partition coefficient (Wildman–Crippen LogP) is 2.01. The number of hydrogen-bond acceptors (Lipinski definition) is 4. The summed E-state index contributed by atoms with van der Waals surface area (Å²) < 4.78 is 5.69. The minimum absolute atomic E-state index is 0.124. The number of carbonyl (C=O) groups is 1. The van der Waals surface area contributed by atoms with Crippen molar-refractivity contribution in [3.05, 3.63) is 29.8 Å². The van der Waals surface area contributed by atoms with E-state index in [-0.39, 0.29) is 11.3 Å². The summed E-state index contributed by atoms with van der Waals surface area (Å²) >= 11 is 0. The van der Waals surface area contributed by atoms with Crippen LogP contribution in [0.2, 0.25) is 0 Å². The summed E-state index contributed by atoms with van der Waals surface area (Å²) in [7, 11) is 4.10. The number of ether oxygens (including phenoxy) is 1. The minimum atomic E-state index is -0.512. The first-order valence-corrected chi connectivity index (χ1v) is 8.10. The topological polar surface area (TPSA) is 67.6 Å². The summed E-state index contributed by atoms with van der Waals surface area (Å²) in [6.07, 6.45) is 0.996. The molecule has 0 bridgehead atoms. The van der Waals surface area contributed by atoms with Crippen molar-refractivity contribution < 1.29 is 9.53 Å². The molecule has 0 fully saturated rings. The molecule has 1 aromatic carbocycles. The molecule has 0 unspecified atom stereocenters. The number of nitrogens with one attached hydrogen (secondary N) is 1. The van der Waals surface area contributed by atoms with Gasteiger partial charge in [-0.1, -0.05) is 32.9 Å². The van der Waals surface area contributed by atoms with Crippen LogP contribution in [0.15, 0.2) is 24.3 Å². The SMILES string of the molecule is CN(C)CCCOc1ccc(CNC(=O)[C@@H](N)C(C)(C)C)cc1. The molecule has 0 aliphatic carbocycles. The van der Waals surface area contributed by atoms with E-state index < -0.39 is 6.04 Å². The van der Waals surface area contributed by atoms with Crippen molar-refractivity contribution in [2.24, 2.45) is 11.1 Å². The quantitative estimate of drug-likeness (QED) is 0.719. The Kier molecular flexibility index (Phi) is 7.52. The fourth-order valence-corrected chi connectivity index (χ4v) is 1.97. The molecule has 1 aromatic rings. The van der Waals surface area contributed by atoms with Crippen molar-refractivity contribution in [2.45, 2.75) is 39.8 Å². The molecular formula is C18H31N3O2. The zero-order chi connectivity index (χ0) is 17.5. The number of rotatable bonds is 8. The molecule has 5 heteroatoms. The first kappa shape index (κ1) is 19.5. The van der Waals surface area contributed by atoms with Crippen LogP contribution in [0.3, 0.4) is 0 Å². The zero-order valence-electron chi connectivity index (χ0n) is 15.1. The van der Waals surface area contributed by atoms with Crippen LogP contribution in [0.25, 0.3) is 0 Å². The Bertz CT molecular complexity index is 478. The third-order valence-electron chi connectivity index (χ3n) is 3.62. The summed E-state index contributed by atoms with van der Waals surface area (Å²) in [6, 6.07) is 7.28. The van der Waals surface area contributed by atoms with Gasteiger partial charge in [0.05, 0.1) is 12.6 Å². The number of nitrogens with zero attached hydrogens (tertiary/aromatic N) is 1. The van der Waals surface area contributed by atoms with Crippen molar-refractivity contribution in [1.82, 2.24) is 10.2 Å². The molecule has 1 rings (SSSR count). The predicted molar refractivity (Wildman–Crippen MR) is 94.4 cm³/mol. The first-order chi connectivity index (χ1) is 10.7. The molecule has 0 saturated carbocycles. The van der Waals surface area contributed by atoms with Gasteiger partial charge >= 0.3 is 0 Å². The largest absolute Gasteiger partial charge is 0.494 e. The Morgan fingerprint density at radius 1 is 1.26 bits per heavy atom. The van der Waals surface area contributed by atoms with Crippen molar-refractivity contribution >= 4 is 5.91 Å². The fraction of sp³-hybridized carbons (Fsp3) is 0.611. The van der Waals surface area contributed by atoms with Crippen LogP contribution < -0.4 is 15.8 Å². The smallest absolute Gasteiger partial charge is 0.237 e. The molecule has 1 atom stereocenters. The van der Waals surface area contributed by atoms with E-state index in [2.05, 4.69) is 24.3 Å². The maximum Gasteiger partial charge on any atom is 0.237 e. The lowest BCUT2D eigenvalue weighted by atomic mass is 9.87. The summed E-state index contributed by atoms with van der Waals surface area (Å²) in [4.78, 5) is 14.1. The Morgan fingerprint density at radius 2 is 1.87 bits per heavy atom. The summed E-state index contributed by atoms with van der Waals surface area (Å²) in [5.74, 6) is 0.728. The Balaban J connectivity index is 2.38. The van der Waals surface area contributed by atoms with Crippen molar-refractivity contribution in [3.63, 3.8) is 0 Å². The summed E-state index contributed by atoms with van der Waals surface area (Å²) in [6.45, 7) is 8.06. The van der Waals surface area contributed by atoms with Crippen LogP contribution in [0.1, 0.15) is 32.8 Å². The molecule has 5 nitrogen and oxygen atoms in total. The van der Waals surface area contributed by atoms with Crippen molar-refractivity contribution in [2.75, 3.05) is 27.2 Å². The second kappa shape index (κ2) is 8.89. The highest BCUT2D eigenvalue weighted by molar-refractivity contribution is 5.82. The molecule has 0 radical (unpaired) electrons. The van der Waals surface area contributed by atoms with E-state index in [1.54, 1.807) is 0 Å². The average Bonchev–Trinajstić information content (AvgIpc) is 2.48. The number of amides is 1. The molecule has 0 spiro atoms. The van der Waals surface area contributed by atoms with Gasteiger partial charge in [0.15, 0.2) is 0 Å². The Hall–Kier alpha value is -1.59. The number of hydrogen-bond donors (Lipinski definition) is 2. The normalized spacial score (nSPS) is 13.0. The van der Waals surface area contributed by atoms with Crippen LogP contribution in [-0.2, 0) is 11.3 Å². The minimum Gasteiger partial charge on any atom is -0.494 e. The van der Waals surface area contributed by atoms with Gasteiger partial charge in [-0.3, -0.25) is 4.79 Å². The lowest BCUT2D eigenvalue weighted by Crippen LogP contribution is -2.48. The molecule has 0 aliphatic rings. The molecule has 3 N–H and O–H groups in total. The standard InChI is InChI=1S/C18H31N3O2/c1-18(2,3)16(19)17(22)20-13-14-7-9-15(10-8-14)23-12-6-11-21(4)5/h7-10,16H,6,11-13,19H2,1-5H3,(H,20,22)/t16-/m1/s1. The van der Waals surface area contributed by atoms with Gasteiger partial charge in [-0.25, -0.2) is 0 Å².